The first kappa shape index (κ1) is 27.5. The molecule has 0 bridgehead atoms. The van der Waals surface area contributed by atoms with Crippen LogP contribution in [-0.4, -0.2) is 55.1 Å². The highest BCUT2D eigenvalue weighted by molar-refractivity contribution is 7.89. The number of aryl methyl sites for hydroxylation is 1. The molecule has 0 radical (unpaired) electrons. The van der Waals surface area contributed by atoms with E-state index >= 15 is 0 Å². The number of benzene rings is 2. The van der Waals surface area contributed by atoms with E-state index in [1.807, 2.05) is 45.0 Å². The van der Waals surface area contributed by atoms with Crippen molar-refractivity contribution in [2.75, 3.05) is 13.6 Å². The van der Waals surface area contributed by atoms with Crippen molar-refractivity contribution >= 4 is 21.8 Å². The lowest BCUT2D eigenvalue weighted by Gasteiger charge is -2.30. The Morgan fingerprint density at radius 1 is 1.00 bits per heavy atom. The van der Waals surface area contributed by atoms with Crippen molar-refractivity contribution in [2.24, 2.45) is 0 Å². The third-order valence-electron chi connectivity index (χ3n) is 6.09. The highest BCUT2D eigenvalue weighted by Crippen LogP contribution is 2.17. The highest BCUT2D eigenvalue weighted by atomic mass is 32.2. The first-order valence-electron chi connectivity index (χ1n) is 11.7. The Kier molecular flexibility index (Phi) is 10.3. The lowest BCUT2D eigenvalue weighted by atomic mass is 10.1. The van der Waals surface area contributed by atoms with E-state index in [2.05, 4.69) is 5.32 Å². The van der Waals surface area contributed by atoms with E-state index in [1.165, 1.54) is 11.4 Å². The second kappa shape index (κ2) is 12.7. The molecule has 0 aromatic heterocycles. The van der Waals surface area contributed by atoms with E-state index in [9.17, 15) is 18.0 Å². The predicted octanol–water partition coefficient (Wildman–Crippen LogP) is 3.73. The van der Waals surface area contributed by atoms with E-state index in [0.717, 1.165) is 17.5 Å². The van der Waals surface area contributed by atoms with Crippen molar-refractivity contribution in [1.29, 1.82) is 0 Å². The first-order chi connectivity index (χ1) is 16.1. The maximum Gasteiger partial charge on any atom is 0.242 e. The van der Waals surface area contributed by atoms with Crippen molar-refractivity contribution in [1.82, 2.24) is 14.5 Å². The maximum absolute atomic E-state index is 13.2. The molecule has 0 heterocycles. The van der Waals surface area contributed by atoms with E-state index in [0.29, 0.717) is 13.0 Å². The molecule has 0 saturated heterocycles. The standard InChI is InChI=1S/C26H37N3O4S/c1-6-21(3)27-26(31)22(4)29(19-23-14-11-10-13-20(23)2)25(30)17-12-18-28(5)34(32,33)24-15-8-7-9-16-24/h7-11,13-16,21-22H,6,12,17-19H2,1-5H3,(H,27,31)/t21-,22+/m0/s1. The molecule has 0 aliphatic rings. The molecule has 34 heavy (non-hydrogen) atoms. The van der Waals surface area contributed by atoms with Gasteiger partial charge in [0.05, 0.1) is 4.90 Å². The average molecular weight is 488 g/mol. The summed E-state index contributed by atoms with van der Waals surface area (Å²) >= 11 is 0. The van der Waals surface area contributed by atoms with Crippen molar-refractivity contribution in [2.45, 2.75) is 70.5 Å². The number of nitrogens with zero attached hydrogens (tertiary/aromatic N) is 2. The number of hydrogen-bond acceptors (Lipinski definition) is 4. The monoisotopic (exact) mass is 487 g/mol. The fourth-order valence-corrected chi connectivity index (χ4v) is 4.74. The van der Waals surface area contributed by atoms with E-state index in [4.69, 9.17) is 0 Å². The highest BCUT2D eigenvalue weighted by Gasteiger charge is 2.27. The largest absolute Gasteiger partial charge is 0.352 e. The summed E-state index contributed by atoms with van der Waals surface area (Å²) in [5.74, 6) is -0.374. The Morgan fingerprint density at radius 3 is 2.24 bits per heavy atom. The molecule has 0 unspecified atom stereocenters. The van der Waals surface area contributed by atoms with Gasteiger partial charge in [-0.15, -0.1) is 0 Å². The van der Waals surface area contributed by atoms with Gasteiger partial charge in [-0.25, -0.2) is 12.7 Å². The van der Waals surface area contributed by atoms with Gasteiger partial charge >= 0.3 is 0 Å². The molecule has 2 aromatic carbocycles. The molecule has 0 aliphatic heterocycles. The van der Waals surface area contributed by atoms with Crippen LogP contribution in [-0.2, 0) is 26.2 Å². The molecular weight excluding hydrogens is 450 g/mol. The number of carbonyl (C=O) groups excluding carboxylic acids is 2. The van der Waals surface area contributed by atoms with Crippen LogP contribution in [0.15, 0.2) is 59.5 Å². The Bertz CT molecular complexity index is 1060. The Hall–Kier alpha value is -2.71. The second-order valence-corrected chi connectivity index (χ2v) is 10.7. The van der Waals surface area contributed by atoms with Crippen LogP contribution in [0.4, 0.5) is 0 Å². The molecule has 2 atom stereocenters. The minimum Gasteiger partial charge on any atom is -0.352 e. The van der Waals surface area contributed by atoms with Gasteiger partial charge < -0.3 is 10.2 Å². The summed E-state index contributed by atoms with van der Waals surface area (Å²) in [4.78, 5) is 27.9. The summed E-state index contributed by atoms with van der Waals surface area (Å²) in [6.07, 6.45) is 1.29. The summed E-state index contributed by atoms with van der Waals surface area (Å²) in [6.45, 7) is 8.16. The zero-order chi connectivity index (χ0) is 25.3. The molecule has 2 amide bonds. The number of carbonyl (C=O) groups is 2. The van der Waals surface area contributed by atoms with Crippen LogP contribution >= 0.6 is 0 Å². The molecule has 0 spiro atoms. The molecule has 2 rings (SSSR count). The van der Waals surface area contributed by atoms with Crippen molar-refractivity contribution in [3.8, 4) is 0 Å². The molecule has 0 saturated carbocycles. The molecule has 2 aromatic rings. The summed E-state index contributed by atoms with van der Waals surface area (Å²) < 4.78 is 26.7. The van der Waals surface area contributed by atoms with Gasteiger partial charge in [0.1, 0.15) is 6.04 Å². The number of rotatable bonds is 12. The molecular formula is C26H37N3O4S. The zero-order valence-corrected chi connectivity index (χ0v) is 21.6. The van der Waals surface area contributed by atoms with Crippen LogP contribution in [0.2, 0.25) is 0 Å². The fraction of sp³-hybridized carbons (Fsp3) is 0.462. The first-order valence-corrected chi connectivity index (χ1v) is 13.2. The van der Waals surface area contributed by atoms with Gasteiger partial charge in [-0.2, -0.15) is 0 Å². The molecule has 0 fully saturated rings. The third kappa shape index (κ3) is 7.40. The van der Waals surface area contributed by atoms with Gasteiger partial charge in [-0.05, 0) is 56.9 Å². The van der Waals surface area contributed by atoms with Crippen molar-refractivity contribution < 1.29 is 18.0 Å². The lowest BCUT2D eigenvalue weighted by molar-refractivity contribution is -0.141. The normalized spacial score (nSPS) is 13.4. The fourth-order valence-electron chi connectivity index (χ4n) is 3.51. The molecule has 0 aliphatic carbocycles. The maximum atomic E-state index is 13.2. The van der Waals surface area contributed by atoms with Crippen LogP contribution in [0.25, 0.3) is 0 Å². The van der Waals surface area contributed by atoms with Gasteiger partial charge in [-0.3, -0.25) is 9.59 Å². The van der Waals surface area contributed by atoms with Crippen molar-refractivity contribution in [3.63, 3.8) is 0 Å². The number of nitrogens with one attached hydrogen (secondary N) is 1. The lowest BCUT2D eigenvalue weighted by Crippen LogP contribution is -2.49. The van der Waals surface area contributed by atoms with Crippen LogP contribution in [0.1, 0.15) is 51.2 Å². The van der Waals surface area contributed by atoms with Gasteiger partial charge in [0.25, 0.3) is 0 Å². The number of sulfonamides is 1. The van der Waals surface area contributed by atoms with Gasteiger partial charge in [-0.1, -0.05) is 49.4 Å². The molecule has 1 N–H and O–H groups in total. The quantitative estimate of drug-likeness (QED) is 0.494. The van der Waals surface area contributed by atoms with E-state index < -0.39 is 16.1 Å². The minimum atomic E-state index is -3.61. The third-order valence-corrected chi connectivity index (χ3v) is 7.96. The van der Waals surface area contributed by atoms with E-state index in [1.54, 1.807) is 42.2 Å². The Morgan fingerprint density at radius 2 is 1.62 bits per heavy atom. The van der Waals surface area contributed by atoms with Crippen molar-refractivity contribution in [3.05, 3.63) is 65.7 Å². The Labute approximate surface area is 204 Å². The second-order valence-electron chi connectivity index (χ2n) is 8.69. The van der Waals surface area contributed by atoms with Crippen LogP contribution in [0.3, 0.4) is 0 Å². The molecule has 7 nitrogen and oxygen atoms in total. The molecule has 186 valence electrons. The van der Waals surface area contributed by atoms with Crippen LogP contribution in [0, 0.1) is 6.92 Å². The van der Waals surface area contributed by atoms with E-state index in [-0.39, 0.29) is 35.7 Å². The average Bonchev–Trinajstić information content (AvgIpc) is 2.83. The minimum absolute atomic E-state index is 0.0159. The van der Waals surface area contributed by atoms with Crippen LogP contribution in [0.5, 0.6) is 0 Å². The van der Waals surface area contributed by atoms with Gasteiger partial charge in [0, 0.05) is 32.6 Å². The smallest absolute Gasteiger partial charge is 0.242 e. The SMILES string of the molecule is CC[C@H](C)NC(=O)[C@@H](C)N(Cc1ccccc1C)C(=O)CCCN(C)S(=O)(=O)c1ccccc1. The number of hydrogen-bond donors (Lipinski definition) is 1. The Balaban J connectivity index is 2.10. The number of amides is 2. The van der Waals surface area contributed by atoms with Crippen LogP contribution < -0.4 is 5.32 Å². The van der Waals surface area contributed by atoms with Gasteiger partial charge in [0.15, 0.2) is 0 Å². The summed E-state index contributed by atoms with van der Waals surface area (Å²) in [5.41, 5.74) is 2.02. The molecule has 8 heteroatoms. The van der Waals surface area contributed by atoms with Gasteiger partial charge in [0.2, 0.25) is 21.8 Å². The summed E-state index contributed by atoms with van der Waals surface area (Å²) in [6, 6.07) is 15.4. The summed E-state index contributed by atoms with van der Waals surface area (Å²) in [7, 11) is -2.10. The summed E-state index contributed by atoms with van der Waals surface area (Å²) in [5, 5.41) is 2.96. The topological polar surface area (TPSA) is 86.8 Å². The predicted molar refractivity (Wildman–Crippen MR) is 135 cm³/mol. The zero-order valence-electron chi connectivity index (χ0n) is 20.8.